The van der Waals surface area contributed by atoms with Crippen molar-refractivity contribution in [1.82, 2.24) is 0 Å². The van der Waals surface area contributed by atoms with Crippen LogP contribution in [0.3, 0.4) is 0 Å². The number of ether oxygens (including phenoxy) is 3. The van der Waals surface area contributed by atoms with Crippen LogP contribution in [0.1, 0.15) is 13.3 Å². The molecular formula is C13H18N2O4. The smallest absolute Gasteiger partial charge is 0.204 e. The summed E-state index contributed by atoms with van der Waals surface area (Å²) in [5.41, 5.74) is 12.8. The van der Waals surface area contributed by atoms with Crippen molar-refractivity contribution in [1.29, 1.82) is 0 Å². The van der Waals surface area contributed by atoms with Gasteiger partial charge in [0.2, 0.25) is 5.76 Å². The molecule has 0 saturated carbocycles. The summed E-state index contributed by atoms with van der Waals surface area (Å²) in [5.74, 6) is 0.837. The van der Waals surface area contributed by atoms with E-state index in [4.69, 9.17) is 25.7 Å². The molecule has 1 heterocycles. The van der Waals surface area contributed by atoms with Gasteiger partial charge in [0, 0.05) is 30.4 Å². The molecule has 0 atom stereocenters. The lowest BCUT2D eigenvalue weighted by Gasteiger charge is -2.25. The van der Waals surface area contributed by atoms with E-state index in [1.807, 2.05) is 6.92 Å². The van der Waals surface area contributed by atoms with E-state index in [2.05, 4.69) is 0 Å². The molecule has 1 aliphatic carbocycles. The minimum Gasteiger partial charge on any atom is -0.504 e. The first-order valence-electron chi connectivity index (χ1n) is 6.11. The van der Waals surface area contributed by atoms with Gasteiger partial charge in [-0.05, 0) is 13.0 Å². The van der Waals surface area contributed by atoms with Crippen molar-refractivity contribution in [2.45, 2.75) is 13.3 Å². The van der Waals surface area contributed by atoms with Crippen LogP contribution in [0.25, 0.3) is 0 Å². The summed E-state index contributed by atoms with van der Waals surface area (Å²) in [6, 6.07) is 0. The molecule has 6 nitrogen and oxygen atoms in total. The van der Waals surface area contributed by atoms with Crippen molar-refractivity contribution in [3.05, 3.63) is 46.6 Å². The van der Waals surface area contributed by atoms with Crippen molar-refractivity contribution in [3.63, 3.8) is 0 Å². The zero-order chi connectivity index (χ0) is 13.8. The predicted octanol–water partition coefficient (Wildman–Crippen LogP) is 1.14. The minimum atomic E-state index is 0.0257. The maximum Gasteiger partial charge on any atom is 0.204 e. The number of hydrogen-bond acceptors (Lipinski definition) is 6. The van der Waals surface area contributed by atoms with Crippen molar-refractivity contribution < 1.29 is 19.3 Å². The van der Waals surface area contributed by atoms with Gasteiger partial charge in [0.1, 0.15) is 6.61 Å². The Morgan fingerprint density at radius 2 is 2.16 bits per heavy atom. The summed E-state index contributed by atoms with van der Waals surface area (Å²) >= 11 is 0. The number of nitrogens with two attached hydrogens (primary N) is 2. The topological polar surface area (TPSA) is 100.0 Å². The Bertz CT molecular complexity index is 489. The zero-order valence-electron chi connectivity index (χ0n) is 10.8. The Labute approximate surface area is 111 Å². The predicted molar refractivity (Wildman–Crippen MR) is 69.4 cm³/mol. The van der Waals surface area contributed by atoms with Gasteiger partial charge in [-0.2, -0.15) is 0 Å². The highest BCUT2D eigenvalue weighted by Gasteiger charge is 2.27. The number of fused-ring (bicyclic) bond motifs is 1. The molecule has 0 aromatic rings. The van der Waals surface area contributed by atoms with Gasteiger partial charge in [0.05, 0.1) is 6.61 Å². The van der Waals surface area contributed by atoms with Gasteiger partial charge in [-0.1, -0.05) is 0 Å². The third-order valence-corrected chi connectivity index (χ3v) is 2.76. The highest BCUT2D eigenvalue weighted by molar-refractivity contribution is 5.48. The number of aliphatic hydroxyl groups is 1. The maximum atomic E-state index is 9.87. The fourth-order valence-corrected chi connectivity index (χ4v) is 1.87. The molecule has 1 aliphatic heterocycles. The molecule has 0 radical (unpaired) electrons. The Morgan fingerprint density at radius 3 is 2.89 bits per heavy atom. The van der Waals surface area contributed by atoms with E-state index in [0.717, 1.165) is 5.57 Å². The summed E-state index contributed by atoms with van der Waals surface area (Å²) < 4.78 is 16.1. The molecule has 104 valence electrons. The molecule has 0 unspecified atom stereocenters. The van der Waals surface area contributed by atoms with Crippen molar-refractivity contribution in [2.75, 3.05) is 19.8 Å². The van der Waals surface area contributed by atoms with Crippen LogP contribution in [0.4, 0.5) is 0 Å². The van der Waals surface area contributed by atoms with E-state index in [9.17, 15) is 5.11 Å². The molecule has 5 N–H and O–H groups in total. The fraction of sp³-hybridized carbons (Fsp3) is 0.385. The zero-order valence-corrected chi connectivity index (χ0v) is 10.8. The summed E-state index contributed by atoms with van der Waals surface area (Å²) in [5, 5.41) is 9.87. The maximum absolute atomic E-state index is 9.87. The third kappa shape index (κ3) is 2.85. The third-order valence-electron chi connectivity index (χ3n) is 2.76. The second-order valence-corrected chi connectivity index (χ2v) is 4.08. The Kier molecular flexibility index (Phi) is 4.01. The van der Waals surface area contributed by atoms with Crippen LogP contribution < -0.4 is 11.5 Å². The van der Waals surface area contributed by atoms with E-state index in [1.165, 1.54) is 0 Å². The van der Waals surface area contributed by atoms with Crippen LogP contribution in [0.2, 0.25) is 0 Å². The highest BCUT2D eigenvalue weighted by Crippen LogP contribution is 2.34. The van der Waals surface area contributed by atoms with Crippen LogP contribution in [0.5, 0.6) is 0 Å². The normalized spacial score (nSPS) is 18.6. The summed E-state index contributed by atoms with van der Waals surface area (Å²) in [4.78, 5) is 0. The van der Waals surface area contributed by atoms with Gasteiger partial charge in [-0.3, -0.25) is 0 Å². The molecular weight excluding hydrogens is 248 g/mol. The molecule has 0 spiro atoms. The molecule has 0 aromatic heterocycles. The average Bonchev–Trinajstić information content (AvgIpc) is 2.36. The number of hydrogen-bond donors (Lipinski definition) is 3. The standard InChI is InChI=1S/C13H18N2O4/c1-2-17-5-6-18-13-10(16)4-3-8-9(14)7-11(15)19-12(8)13/h4,7,16H,2-3,5-6,14-15H2,1H3. The Morgan fingerprint density at radius 1 is 1.37 bits per heavy atom. The molecule has 0 amide bonds. The molecule has 2 aliphatic rings. The Hall–Kier alpha value is -2.08. The van der Waals surface area contributed by atoms with E-state index in [-0.39, 0.29) is 17.4 Å². The van der Waals surface area contributed by atoms with Gasteiger partial charge < -0.3 is 30.8 Å². The average molecular weight is 266 g/mol. The fourth-order valence-electron chi connectivity index (χ4n) is 1.87. The first-order valence-corrected chi connectivity index (χ1v) is 6.11. The van der Waals surface area contributed by atoms with Crippen molar-refractivity contribution in [3.8, 4) is 0 Å². The molecule has 0 bridgehead atoms. The quantitative estimate of drug-likeness (QED) is 0.645. The lowest BCUT2D eigenvalue weighted by molar-refractivity contribution is 0.0740. The SMILES string of the molecule is CCOCCOC1=C2OC(N)=CC(N)=C2CC=C1O. The first-order chi connectivity index (χ1) is 9.13. The Balaban J connectivity index is 2.20. The summed E-state index contributed by atoms with van der Waals surface area (Å²) in [6.45, 7) is 3.25. The van der Waals surface area contributed by atoms with E-state index in [1.54, 1.807) is 12.2 Å². The first kappa shape index (κ1) is 13.4. The van der Waals surface area contributed by atoms with Crippen LogP contribution in [0.15, 0.2) is 46.6 Å². The molecule has 19 heavy (non-hydrogen) atoms. The summed E-state index contributed by atoms with van der Waals surface area (Å²) in [7, 11) is 0. The molecule has 6 heteroatoms. The highest BCUT2D eigenvalue weighted by atomic mass is 16.5. The lowest BCUT2D eigenvalue weighted by Crippen LogP contribution is -2.20. The largest absolute Gasteiger partial charge is 0.504 e. The van der Waals surface area contributed by atoms with Gasteiger partial charge in [0.15, 0.2) is 17.4 Å². The molecule has 0 aromatic carbocycles. The molecule has 0 saturated heterocycles. The molecule has 2 rings (SSSR count). The van der Waals surface area contributed by atoms with Crippen LogP contribution in [-0.4, -0.2) is 24.9 Å². The van der Waals surface area contributed by atoms with Gasteiger partial charge in [-0.25, -0.2) is 0 Å². The number of allylic oxidation sites excluding steroid dienone is 3. The van der Waals surface area contributed by atoms with Crippen molar-refractivity contribution in [2.24, 2.45) is 11.5 Å². The second-order valence-electron chi connectivity index (χ2n) is 4.08. The number of aliphatic hydroxyl groups excluding tert-OH is 1. The van der Waals surface area contributed by atoms with E-state index < -0.39 is 0 Å². The van der Waals surface area contributed by atoms with Crippen LogP contribution in [-0.2, 0) is 14.2 Å². The summed E-state index contributed by atoms with van der Waals surface area (Å²) in [6.07, 6.45) is 3.66. The van der Waals surface area contributed by atoms with E-state index in [0.29, 0.717) is 37.7 Å². The van der Waals surface area contributed by atoms with Gasteiger partial charge in [-0.15, -0.1) is 0 Å². The second kappa shape index (κ2) is 5.71. The number of rotatable bonds is 5. The van der Waals surface area contributed by atoms with Crippen LogP contribution in [0, 0.1) is 0 Å². The van der Waals surface area contributed by atoms with Crippen molar-refractivity contribution >= 4 is 0 Å². The lowest BCUT2D eigenvalue weighted by atomic mass is 9.99. The van der Waals surface area contributed by atoms with E-state index >= 15 is 0 Å². The minimum absolute atomic E-state index is 0.0257. The monoisotopic (exact) mass is 266 g/mol. The molecule has 0 fully saturated rings. The van der Waals surface area contributed by atoms with Gasteiger partial charge in [0.25, 0.3) is 0 Å². The van der Waals surface area contributed by atoms with Crippen LogP contribution >= 0.6 is 0 Å². The van der Waals surface area contributed by atoms with Gasteiger partial charge >= 0.3 is 0 Å².